The van der Waals surface area contributed by atoms with Crippen LogP contribution >= 0.6 is 0 Å². The first kappa shape index (κ1) is 13.7. The highest BCUT2D eigenvalue weighted by atomic mass is 16.5. The molecule has 16 heavy (non-hydrogen) atoms. The SMILES string of the molecule is CC(C)C(=O)COCC1CCCN1C(C)C. The molecule has 1 heterocycles. The molecule has 0 saturated carbocycles. The molecule has 3 nitrogen and oxygen atoms in total. The van der Waals surface area contributed by atoms with E-state index in [2.05, 4.69) is 18.7 Å². The smallest absolute Gasteiger partial charge is 0.160 e. The second kappa shape index (κ2) is 6.36. The van der Waals surface area contributed by atoms with Gasteiger partial charge in [0.05, 0.1) is 6.61 Å². The highest BCUT2D eigenvalue weighted by molar-refractivity contribution is 5.81. The minimum absolute atomic E-state index is 0.0878. The van der Waals surface area contributed by atoms with Crippen molar-refractivity contribution in [3.8, 4) is 0 Å². The predicted octanol–water partition coefficient (Wildman–Crippen LogP) is 2.10. The van der Waals surface area contributed by atoms with Gasteiger partial charge in [0, 0.05) is 18.0 Å². The van der Waals surface area contributed by atoms with Gasteiger partial charge in [-0.05, 0) is 33.2 Å². The molecule has 1 aliphatic heterocycles. The van der Waals surface area contributed by atoms with E-state index in [0.717, 1.165) is 0 Å². The number of hydrogen-bond acceptors (Lipinski definition) is 3. The summed E-state index contributed by atoms with van der Waals surface area (Å²) in [5.41, 5.74) is 0. The standard InChI is InChI=1S/C13H25NO2/c1-10(2)13(15)9-16-8-12-6-5-7-14(12)11(3)4/h10-12H,5-9H2,1-4H3. The van der Waals surface area contributed by atoms with Crippen LogP contribution in [0, 0.1) is 5.92 Å². The van der Waals surface area contributed by atoms with Gasteiger partial charge in [-0.25, -0.2) is 0 Å². The van der Waals surface area contributed by atoms with E-state index < -0.39 is 0 Å². The quantitative estimate of drug-likeness (QED) is 0.696. The van der Waals surface area contributed by atoms with E-state index in [1.54, 1.807) is 0 Å². The van der Waals surface area contributed by atoms with Gasteiger partial charge in [0.1, 0.15) is 6.61 Å². The first-order valence-corrected chi connectivity index (χ1v) is 6.38. The van der Waals surface area contributed by atoms with E-state index in [9.17, 15) is 4.79 Å². The number of carbonyl (C=O) groups excluding carboxylic acids is 1. The summed E-state index contributed by atoms with van der Waals surface area (Å²) >= 11 is 0. The maximum Gasteiger partial charge on any atom is 0.160 e. The Balaban J connectivity index is 2.24. The number of rotatable bonds is 6. The second-order valence-electron chi connectivity index (χ2n) is 5.26. The third kappa shape index (κ3) is 3.87. The third-order valence-corrected chi connectivity index (χ3v) is 3.28. The molecule has 0 amide bonds. The van der Waals surface area contributed by atoms with Crippen LogP contribution < -0.4 is 0 Å². The van der Waals surface area contributed by atoms with Crippen LogP contribution in [0.25, 0.3) is 0 Å². The van der Waals surface area contributed by atoms with Crippen molar-refractivity contribution >= 4 is 5.78 Å². The molecule has 0 spiro atoms. The van der Waals surface area contributed by atoms with Crippen LogP contribution in [0.5, 0.6) is 0 Å². The van der Waals surface area contributed by atoms with Crippen LogP contribution in [0.3, 0.4) is 0 Å². The summed E-state index contributed by atoms with van der Waals surface area (Å²) in [4.78, 5) is 13.9. The Labute approximate surface area is 99.1 Å². The molecule has 0 bridgehead atoms. The van der Waals surface area contributed by atoms with Crippen molar-refractivity contribution in [2.75, 3.05) is 19.8 Å². The lowest BCUT2D eigenvalue weighted by molar-refractivity contribution is -0.127. The number of likely N-dealkylation sites (tertiary alicyclic amines) is 1. The first-order chi connectivity index (χ1) is 7.52. The maximum absolute atomic E-state index is 11.4. The average molecular weight is 227 g/mol. The molecule has 0 radical (unpaired) electrons. The van der Waals surface area contributed by atoms with E-state index >= 15 is 0 Å². The second-order valence-corrected chi connectivity index (χ2v) is 5.26. The van der Waals surface area contributed by atoms with Crippen molar-refractivity contribution in [1.29, 1.82) is 0 Å². The van der Waals surface area contributed by atoms with Crippen LogP contribution in [0.1, 0.15) is 40.5 Å². The van der Waals surface area contributed by atoms with Crippen LogP contribution in [-0.2, 0) is 9.53 Å². The Morgan fingerprint density at radius 1 is 1.38 bits per heavy atom. The van der Waals surface area contributed by atoms with E-state index in [0.29, 0.717) is 18.7 Å². The Morgan fingerprint density at radius 2 is 2.06 bits per heavy atom. The van der Waals surface area contributed by atoms with Gasteiger partial charge in [0.25, 0.3) is 0 Å². The highest BCUT2D eigenvalue weighted by Gasteiger charge is 2.26. The van der Waals surface area contributed by atoms with Gasteiger partial charge in [0.2, 0.25) is 0 Å². The molecule has 1 saturated heterocycles. The zero-order valence-electron chi connectivity index (χ0n) is 11.0. The summed E-state index contributed by atoms with van der Waals surface area (Å²) < 4.78 is 5.53. The number of hydrogen-bond donors (Lipinski definition) is 0. The Kier molecular flexibility index (Phi) is 5.42. The normalized spacial score (nSPS) is 22.2. The van der Waals surface area contributed by atoms with Gasteiger partial charge in [-0.2, -0.15) is 0 Å². The summed E-state index contributed by atoms with van der Waals surface area (Å²) in [6.45, 7) is 10.4. The van der Waals surface area contributed by atoms with Crippen molar-refractivity contribution < 1.29 is 9.53 Å². The molecule has 0 aromatic carbocycles. The molecule has 0 aromatic heterocycles. The third-order valence-electron chi connectivity index (χ3n) is 3.28. The predicted molar refractivity (Wildman–Crippen MR) is 65.5 cm³/mol. The summed E-state index contributed by atoms with van der Waals surface area (Å²) in [6, 6.07) is 1.09. The minimum atomic E-state index is 0.0878. The molecule has 1 fully saturated rings. The molecule has 1 atom stereocenters. The number of ether oxygens (including phenoxy) is 1. The minimum Gasteiger partial charge on any atom is -0.372 e. The lowest BCUT2D eigenvalue weighted by atomic mass is 10.1. The van der Waals surface area contributed by atoms with Gasteiger partial charge in [-0.15, -0.1) is 0 Å². The Morgan fingerprint density at radius 3 is 2.62 bits per heavy atom. The molecular formula is C13H25NO2. The van der Waals surface area contributed by atoms with Gasteiger partial charge < -0.3 is 4.74 Å². The Hall–Kier alpha value is -0.410. The highest BCUT2D eigenvalue weighted by Crippen LogP contribution is 2.20. The van der Waals surface area contributed by atoms with Crippen molar-refractivity contribution in [3.05, 3.63) is 0 Å². The van der Waals surface area contributed by atoms with Crippen molar-refractivity contribution in [2.45, 2.75) is 52.6 Å². The van der Waals surface area contributed by atoms with Gasteiger partial charge in [-0.3, -0.25) is 9.69 Å². The van der Waals surface area contributed by atoms with Gasteiger partial charge in [-0.1, -0.05) is 13.8 Å². The van der Waals surface area contributed by atoms with Crippen LogP contribution in [0.15, 0.2) is 0 Å². The molecule has 1 rings (SSSR count). The molecule has 1 aliphatic rings. The Bertz CT molecular complexity index is 226. The molecule has 3 heteroatoms. The maximum atomic E-state index is 11.4. The van der Waals surface area contributed by atoms with E-state index in [1.165, 1.54) is 19.4 Å². The van der Waals surface area contributed by atoms with Gasteiger partial charge in [0.15, 0.2) is 5.78 Å². The van der Waals surface area contributed by atoms with E-state index in [-0.39, 0.29) is 18.3 Å². The lowest BCUT2D eigenvalue weighted by Crippen LogP contribution is -2.38. The summed E-state index contributed by atoms with van der Waals surface area (Å²) in [7, 11) is 0. The number of ketones is 1. The summed E-state index contributed by atoms with van der Waals surface area (Å²) in [6.07, 6.45) is 2.46. The fourth-order valence-corrected chi connectivity index (χ4v) is 2.18. The van der Waals surface area contributed by atoms with Crippen molar-refractivity contribution in [2.24, 2.45) is 5.92 Å². The largest absolute Gasteiger partial charge is 0.372 e. The van der Waals surface area contributed by atoms with Crippen LogP contribution in [0.2, 0.25) is 0 Å². The average Bonchev–Trinajstić information content (AvgIpc) is 2.65. The van der Waals surface area contributed by atoms with E-state index in [1.807, 2.05) is 13.8 Å². The monoisotopic (exact) mass is 227 g/mol. The van der Waals surface area contributed by atoms with Gasteiger partial charge >= 0.3 is 0 Å². The summed E-state index contributed by atoms with van der Waals surface area (Å²) in [5.74, 6) is 0.291. The van der Waals surface area contributed by atoms with Crippen molar-refractivity contribution in [1.82, 2.24) is 4.90 Å². The number of Topliss-reactive ketones (excluding diaryl/α,β-unsaturated/α-hetero) is 1. The zero-order chi connectivity index (χ0) is 12.1. The van der Waals surface area contributed by atoms with Crippen molar-refractivity contribution in [3.63, 3.8) is 0 Å². The number of carbonyl (C=O) groups is 1. The van der Waals surface area contributed by atoms with Crippen LogP contribution in [0.4, 0.5) is 0 Å². The molecule has 0 aliphatic carbocycles. The zero-order valence-corrected chi connectivity index (χ0v) is 11.0. The van der Waals surface area contributed by atoms with E-state index in [4.69, 9.17) is 4.74 Å². The molecular weight excluding hydrogens is 202 g/mol. The van der Waals surface area contributed by atoms with Crippen LogP contribution in [-0.4, -0.2) is 42.5 Å². The number of nitrogens with zero attached hydrogens (tertiary/aromatic N) is 1. The fourth-order valence-electron chi connectivity index (χ4n) is 2.18. The molecule has 1 unspecified atom stereocenters. The first-order valence-electron chi connectivity index (χ1n) is 6.38. The molecule has 0 aromatic rings. The molecule has 94 valence electrons. The fraction of sp³-hybridized carbons (Fsp3) is 0.923. The lowest BCUT2D eigenvalue weighted by Gasteiger charge is -2.28. The summed E-state index contributed by atoms with van der Waals surface area (Å²) in [5, 5.41) is 0. The molecule has 0 N–H and O–H groups in total. The topological polar surface area (TPSA) is 29.5 Å².